The summed E-state index contributed by atoms with van der Waals surface area (Å²) in [5.74, 6) is 0. The molecule has 0 aromatic rings. The predicted molar refractivity (Wildman–Crippen MR) is 17.9 cm³/mol. The quantitative estimate of drug-likeness (QED) is 0.452. The Labute approximate surface area is 31.2 Å². The minimum absolute atomic E-state index is 0. The fourth-order valence-corrected chi connectivity index (χ4v) is 0. The van der Waals surface area contributed by atoms with Crippen LogP contribution in [-0.4, -0.2) is 5.48 Å². The van der Waals surface area contributed by atoms with E-state index in [0.717, 1.165) is 0 Å². The molecule has 4 heteroatoms. The monoisotopic (exact) mass is 91.1 g/mol. The van der Waals surface area contributed by atoms with Gasteiger partial charge in [-0.05, 0) is 0 Å². The Balaban J connectivity index is 0. The Hall–Kier alpha value is -0.241. The molecule has 0 aromatic heterocycles. The van der Waals surface area contributed by atoms with Gasteiger partial charge < -0.3 is 11.6 Å². The van der Waals surface area contributed by atoms with Crippen molar-refractivity contribution >= 4 is 0 Å². The van der Waals surface area contributed by atoms with Crippen LogP contribution in [0.2, 0.25) is 0 Å². The van der Waals surface area contributed by atoms with Crippen LogP contribution in [0, 0.1) is 6.15 Å². The van der Waals surface area contributed by atoms with E-state index in [2.05, 4.69) is 0 Å². The smallest absolute Gasteiger partial charge is 0 e. The number of hydrogen-bond donors (Lipinski definition) is 1. The second-order valence-electron chi connectivity index (χ2n) is 0. The largest absolute Gasteiger partial charge is 0.412 e. The van der Waals surface area contributed by atoms with Crippen molar-refractivity contribution in [3.8, 4) is 0 Å². The van der Waals surface area contributed by atoms with Crippen LogP contribution in [0.4, 0.5) is 4.70 Å². The molecule has 0 fully saturated rings. The van der Waals surface area contributed by atoms with Crippen LogP contribution >= 0.6 is 0 Å². The number of hydrogen-bond acceptors (Lipinski definition) is 1. The van der Waals surface area contributed by atoms with Gasteiger partial charge in [-0.3, -0.25) is 4.70 Å². The summed E-state index contributed by atoms with van der Waals surface area (Å²) >= 11 is 0. The molecule has 5 N–H and O–H groups in total. The zero-order chi connectivity index (χ0) is 0. The van der Waals surface area contributed by atoms with E-state index in [1.807, 2.05) is 0 Å². The van der Waals surface area contributed by atoms with Crippen molar-refractivity contribution < 1.29 is 16.3 Å². The fraction of sp³-hybridized carbons (Fsp3) is 1.00. The third kappa shape index (κ3) is 200. The molecule has 0 heterocycles. The van der Waals surface area contributed by atoms with Gasteiger partial charge in [-0.2, -0.15) is 0 Å². The summed E-state index contributed by atoms with van der Waals surface area (Å²) in [7, 11) is 0. The average molecular weight is 91.3 g/mol. The van der Waals surface area contributed by atoms with Gasteiger partial charge in [-0.1, -0.05) is 7.43 Å². The van der Waals surface area contributed by atoms with Crippen molar-refractivity contribution in [1.82, 2.24) is 6.15 Å². The molecule has 0 aromatic carbocycles. The Morgan fingerprint density at radius 3 is 1.00 bits per heavy atom. The Kier molecular flexibility index (Phi) is 114000. The van der Waals surface area contributed by atoms with Crippen LogP contribution < -0.4 is 6.15 Å². The first kappa shape index (κ1) is 1160. The normalized spacial score (nSPS) is 0. The standard InChI is InChI=1S/CH4.FH.H3N.Ne.H2O/h1H4;1H;1H3;;1H2. The molecule has 0 saturated carbocycles. The van der Waals surface area contributed by atoms with Gasteiger partial charge in [-0.25, -0.2) is 0 Å². The summed E-state index contributed by atoms with van der Waals surface area (Å²) in [5, 5.41) is 0. The van der Waals surface area contributed by atoms with Crippen LogP contribution in [0.25, 0.3) is 0 Å². The van der Waals surface area contributed by atoms with E-state index in [4.69, 9.17) is 0 Å². The Morgan fingerprint density at radius 2 is 1.00 bits per heavy atom. The van der Waals surface area contributed by atoms with Crippen molar-refractivity contribution in [2.24, 2.45) is 0 Å². The molecule has 0 saturated heterocycles. The second kappa shape index (κ2) is 493. The first-order valence-electron chi connectivity index (χ1n) is 0. The molecule has 2 nitrogen and oxygen atoms in total. The van der Waals surface area contributed by atoms with Gasteiger partial charge in [0.1, 0.15) is 0 Å². The Morgan fingerprint density at radius 1 is 1.00 bits per heavy atom. The van der Waals surface area contributed by atoms with Gasteiger partial charge in [0.25, 0.3) is 0 Å². The molecule has 0 atom stereocenters. The molecule has 0 radical (unpaired) electrons. The molecule has 0 bridgehead atoms. The third-order valence-electron chi connectivity index (χ3n) is 0. The van der Waals surface area contributed by atoms with Gasteiger partial charge in [0.05, 0.1) is 0 Å². The van der Waals surface area contributed by atoms with Gasteiger partial charge in [-0.15, -0.1) is 0 Å². The first-order valence-corrected chi connectivity index (χ1v) is 0. The number of rotatable bonds is 0. The van der Waals surface area contributed by atoms with Crippen LogP contribution in [0.5, 0.6) is 0 Å². The van der Waals surface area contributed by atoms with Crippen molar-refractivity contribution in [2.75, 3.05) is 0 Å². The molecule has 0 unspecified atom stereocenters. The van der Waals surface area contributed by atoms with Gasteiger partial charge in [0, 0.05) is 6.15 Å². The molecule has 0 aliphatic heterocycles. The Bertz CT molecular complexity index is 11.6. The van der Waals surface area contributed by atoms with E-state index in [-0.39, 0.29) is 29.9 Å². The van der Waals surface area contributed by atoms with Crippen LogP contribution in [0.3, 0.4) is 0 Å². The summed E-state index contributed by atoms with van der Waals surface area (Å²) in [6.45, 7) is 0. The predicted octanol–water partition coefficient (Wildman–Crippen LogP) is 0.126. The van der Waals surface area contributed by atoms with E-state index in [0.29, 0.717) is 0 Å². The van der Waals surface area contributed by atoms with Crippen LogP contribution in [0.15, 0.2) is 0 Å². The van der Waals surface area contributed by atoms with Crippen LogP contribution in [0.1, 0.15) is 7.43 Å². The van der Waals surface area contributed by atoms with Crippen molar-refractivity contribution in [1.29, 1.82) is 0 Å². The number of halogens is 1. The SMILES string of the molecule is C.F.N.O.[Ne]. The maximum Gasteiger partial charge on any atom is 0 e. The van der Waals surface area contributed by atoms with Gasteiger partial charge >= 0.3 is 0 Å². The molecular formula is CH10FNNeO. The zero-order valence-electron chi connectivity index (χ0n) is 1.97. The van der Waals surface area contributed by atoms with Gasteiger partial charge in [0.15, 0.2) is 0 Å². The fourth-order valence-electron chi connectivity index (χ4n) is 0. The van der Waals surface area contributed by atoms with Crippen LogP contribution in [-0.2, 0) is 0 Å². The summed E-state index contributed by atoms with van der Waals surface area (Å²) < 4.78 is 0. The third-order valence-corrected chi connectivity index (χ3v) is 0. The maximum absolute atomic E-state index is 0. The van der Waals surface area contributed by atoms with E-state index < -0.39 is 0 Å². The molecule has 0 aliphatic carbocycles. The second-order valence-corrected chi connectivity index (χ2v) is 0. The summed E-state index contributed by atoms with van der Waals surface area (Å²) in [4.78, 5) is 0. The minimum Gasteiger partial charge on any atom is -0.412 e. The van der Waals surface area contributed by atoms with Crippen molar-refractivity contribution in [3.05, 3.63) is 0 Å². The minimum atomic E-state index is 0. The first-order chi connectivity index (χ1) is 0. The molecule has 0 spiro atoms. The van der Waals surface area contributed by atoms with E-state index in [1.54, 1.807) is 0 Å². The van der Waals surface area contributed by atoms with E-state index in [9.17, 15) is 0 Å². The zero-order valence-corrected chi connectivity index (χ0v) is 1.97. The molecule has 0 amide bonds. The summed E-state index contributed by atoms with van der Waals surface area (Å²) in [6, 6.07) is 0. The average Bonchev–Trinajstić information content (AvgIpc) is 0. The van der Waals surface area contributed by atoms with Crippen molar-refractivity contribution in [2.45, 2.75) is 7.43 Å². The van der Waals surface area contributed by atoms with E-state index in [1.165, 1.54) is 0 Å². The molecule has 0 rings (SSSR count). The summed E-state index contributed by atoms with van der Waals surface area (Å²) in [6.07, 6.45) is 0. The summed E-state index contributed by atoms with van der Waals surface area (Å²) in [5.41, 5.74) is 0. The molecule has 40 valence electrons. The maximum atomic E-state index is 0. The van der Waals surface area contributed by atoms with E-state index >= 15 is 0 Å². The molecular weight excluding hydrogens is 81.2 g/mol. The molecule has 0 aliphatic rings. The van der Waals surface area contributed by atoms with Crippen molar-refractivity contribution in [3.63, 3.8) is 0 Å². The van der Waals surface area contributed by atoms with Gasteiger partial charge in [0.2, 0.25) is 0 Å². The molecule has 5 heavy (non-hydrogen) atoms. The topological polar surface area (TPSA) is 66.5 Å².